The second-order valence-electron chi connectivity index (χ2n) is 7.98. The number of rotatable bonds is 7. The predicted molar refractivity (Wildman–Crippen MR) is 112 cm³/mol. The Balaban J connectivity index is 1.72. The van der Waals surface area contributed by atoms with Gasteiger partial charge in [0.25, 0.3) is 0 Å². The Morgan fingerprint density at radius 2 is 1.86 bits per heavy atom. The largest absolute Gasteiger partial charge is 0.481 e. The first kappa shape index (κ1) is 19.2. The fourth-order valence-corrected chi connectivity index (χ4v) is 4.03. The number of hydrogen-bond donors (Lipinski definition) is 1. The van der Waals surface area contributed by atoms with Gasteiger partial charge in [-0.15, -0.1) is 0 Å². The maximum atomic E-state index is 13.1. The third kappa shape index (κ3) is 3.62. The quantitative estimate of drug-likeness (QED) is 0.655. The molecule has 1 amide bonds. The molecule has 0 spiro atoms. The molecule has 150 valence electrons. The topological polar surface area (TPSA) is 75.4 Å². The number of aryl methyl sites for hydroxylation is 1. The number of carboxylic acids is 1. The maximum absolute atomic E-state index is 13.1. The van der Waals surface area contributed by atoms with Crippen LogP contribution in [0.2, 0.25) is 0 Å². The van der Waals surface area contributed by atoms with Crippen molar-refractivity contribution in [2.45, 2.75) is 45.7 Å². The van der Waals surface area contributed by atoms with E-state index in [0.29, 0.717) is 12.5 Å². The lowest BCUT2D eigenvalue weighted by Gasteiger charge is -2.19. The van der Waals surface area contributed by atoms with Crippen LogP contribution in [0.5, 0.6) is 0 Å². The van der Waals surface area contributed by atoms with E-state index in [4.69, 9.17) is 4.98 Å². The minimum atomic E-state index is -0.968. The molecule has 2 heterocycles. The highest BCUT2D eigenvalue weighted by Gasteiger charge is 2.38. The minimum absolute atomic E-state index is 0.170. The molecule has 1 aliphatic heterocycles. The van der Waals surface area contributed by atoms with Crippen molar-refractivity contribution < 1.29 is 14.7 Å². The molecule has 0 fully saturated rings. The monoisotopic (exact) mass is 391 g/mol. The third-order valence-electron chi connectivity index (χ3n) is 5.51. The van der Waals surface area contributed by atoms with Crippen LogP contribution in [0.3, 0.4) is 0 Å². The third-order valence-corrected chi connectivity index (χ3v) is 5.51. The summed E-state index contributed by atoms with van der Waals surface area (Å²) in [6.45, 7) is 5.54. The molecule has 29 heavy (non-hydrogen) atoms. The molecule has 3 aromatic rings. The Hall–Kier alpha value is -3.15. The van der Waals surface area contributed by atoms with Crippen molar-refractivity contribution in [3.8, 4) is 0 Å². The number of hydrogen-bond acceptors (Lipinski definition) is 3. The number of carbonyl (C=O) groups is 2. The van der Waals surface area contributed by atoms with E-state index in [2.05, 4.69) is 24.5 Å². The Labute approximate surface area is 169 Å². The number of anilines is 1. The number of benzene rings is 2. The van der Waals surface area contributed by atoms with Gasteiger partial charge in [0.2, 0.25) is 5.91 Å². The number of carbonyl (C=O) groups excluding carboxylic acids is 1. The van der Waals surface area contributed by atoms with Crippen LogP contribution < -0.4 is 4.90 Å². The molecule has 1 atom stereocenters. The maximum Gasteiger partial charge on any atom is 0.304 e. The molecular formula is C23H25N3O3. The normalized spacial score (nSPS) is 16.0. The summed E-state index contributed by atoms with van der Waals surface area (Å²) < 4.78 is 2.19. The summed E-state index contributed by atoms with van der Waals surface area (Å²) in [6.07, 6.45) is 0.815. The Morgan fingerprint density at radius 3 is 2.62 bits per heavy atom. The summed E-state index contributed by atoms with van der Waals surface area (Å²) >= 11 is 0. The van der Waals surface area contributed by atoms with Crippen LogP contribution >= 0.6 is 0 Å². The number of fused-ring (bicyclic) bond motifs is 2. The molecule has 1 unspecified atom stereocenters. The summed E-state index contributed by atoms with van der Waals surface area (Å²) in [5.41, 5.74) is 3.54. The molecule has 2 aromatic carbocycles. The predicted octanol–water partition coefficient (Wildman–Crippen LogP) is 4.19. The van der Waals surface area contributed by atoms with Crippen LogP contribution in [0.4, 0.5) is 5.69 Å². The van der Waals surface area contributed by atoms with E-state index in [0.717, 1.165) is 41.1 Å². The van der Waals surface area contributed by atoms with Crippen molar-refractivity contribution in [3.05, 3.63) is 59.9 Å². The second kappa shape index (κ2) is 7.70. The molecule has 1 aliphatic rings. The van der Waals surface area contributed by atoms with Gasteiger partial charge in [-0.3, -0.25) is 9.59 Å². The SMILES string of the molecule is CC(C)CCn1c(CN2C(=O)C(CC(=O)O)c3ccccc32)nc2ccccc21. The second-order valence-corrected chi connectivity index (χ2v) is 7.98. The van der Waals surface area contributed by atoms with Gasteiger partial charge in [-0.1, -0.05) is 44.2 Å². The van der Waals surface area contributed by atoms with Gasteiger partial charge < -0.3 is 14.6 Å². The van der Waals surface area contributed by atoms with Gasteiger partial charge in [0.1, 0.15) is 5.82 Å². The van der Waals surface area contributed by atoms with E-state index in [1.807, 2.05) is 42.5 Å². The fourth-order valence-electron chi connectivity index (χ4n) is 4.03. The van der Waals surface area contributed by atoms with Gasteiger partial charge in [0.05, 0.1) is 29.9 Å². The standard InChI is InChI=1S/C23H25N3O3/c1-15(2)11-12-25-20-10-6-4-8-18(20)24-21(25)14-26-19-9-5-3-7-16(19)17(23(26)29)13-22(27)28/h3-10,15,17H,11-14H2,1-2H3,(H,27,28). The number of para-hydroxylation sites is 3. The highest BCUT2D eigenvalue weighted by Crippen LogP contribution is 2.40. The number of aliphatic carboxylic acids is 1. The zero-order valence-electron chi connectivity index (χ0n) is 16.7. The van der Waals surface area contributed by atoms with Crippen molar-refractivity contribution in [1.82, 2.24) is 9.55 Å². The average Bonchev–Trinajstić information content (AvgIpc) is 3.17. The van der Waals surface area contributed by atoms with Gasteiger partial charge in [0, 0.05) is 12.2 Å². The van der Waals surface area contributed by atoms with Crippen molar-refractivity contribution in [1.29, 1.82) is 0 Å². The zero-order valence-corrected chi connectivity index (χ0v) is 16.7. The molecule has 4 rings (SSSR count). The van der Waals surface area contributed by atoms with Crippen LogP contribution in [0.15, 0.2) is 48.5 Å². The number of imidazole rings is 1. The van der Waals surface area contributed by atoms with Crippen molar-refractivity contribution in [3.63, 3.8) is 0 Å². The summed E-state index contributed by atoms with van der Waals surface area (Å²) in [5.74, 6) is -0.401. The highest BCUT2D eigenvalue weighted by molar-refractivity contribution is 6.06. The summed E-state index contributed by atoms with van der Waals surface area (Å²) in [7, 11) is 0. The van der Waals surface area contributed by atoms with Gasteiger partial charge in [-0.2, -0.15) is 0 Å². The van der Waals surface area contributed by atoms with E-state index >= 15 is 0 Å². The van der Waals surface area contributed by atoms with Crippen LogP contribution in [-0.4, -0.2) is 26.5 Å². The summed E-state index contributed by atoms with van der Waals surface area (Å²) in [4.78, 5) is 30.9. The van der Waals surface area contributed by atoms with Crippen molar-refractivity contribution >= 4 is 28.6 Å². The van der Waals surface area contributed by atoms with Crippen molar-refractivity contribution in [2.75, 3.05) is 4.90 Å². The average molecular weight is 391 g/mol. The smallest absolute Gasteiger partial charge is 0.304 e. The Bertz CT molecular complexity index is 1070. The van der Waals surface area contributed by atoms with Gasteiger partial charge in [-0.25, -0.2) is 4.98 Å². The molecule has 0 radical (unpaired) electrons. The molecule has 0 saturated carbocycles. The molecule has 0 aliphatic carbocycles. The summed E-state index contributed by atoms with van der Waals surface area (Å²) in [6, 6.07) is 15.5. The van der Waals surface area contributed by atoms with E-state index in [9.17, 15) is 14.7 Å². The van der Waals surface area contributed by atoms with E-state index in [1.165, 1.54) is 0 Å². The number of aromatic nitrogens is 2. The molecule has 1 aromatic heterocycles. The van der Waals surface area contributed by atoms with Gasteiger partial charge in [0.15, 0.2) is 0 Å². The molecule has 1 N–H and O–H groups in total. The minimum Gasteiger partial charge on any atom is -0.481 e. The number of nitrogens with zero attached hydrogens (tertiary/aromatic N) is 3. The number of carboxylic acid groups (broad SMARTS) is 1. The van der Waals surface area contributed by atoms with Crippen LogP contribution in [-0.2, 0) is 22.7 Å². The molecule has 0 bridgehead atoms. The highest BCUT2D eigenvalue weighted by atomic mass is 16.4. The van der Waals surface area contributed by atoms with Gasteiger partial charge >= 0.3 is 5.97 Å². The van der Waals surface area contributed by atoms with E-state index < -0.39 is 11.9 Å². The van der Waals surface area contributed by atoms with Crippen LogP contribution in [0, 0.1) is 5.92 Å². The lowest BCUT2D eigenvalue weighted by Crippen LogP contribution is -2.30. The molecule has 6 nitrogen and oxygen atoms in total. The molecule has 0 saturated heterocycles. The Kier molecular flexibility index (Phi) is 5.09. The first-order valence-corrected chi connectivity index (χ1v) is 10.0. The first-order chi connectivity index (χ1) is 14.0. The van der Waals surface area contributed by atoms with E-state index in [1.54, 1.807) is 4.90 Å². The molecule has 6 heteroatoms. The number of amides is 1. The van der Waals surface area contributed by atoms with Crippen LogP contribution in [0.25, 0.3) is 11.0 Å². The Morgan fingerprint density at radius 1 is 1.14 bits per heavy atom. The zero-order chi connectivity index (χ0) is 20.5. The van der Waals surface area contributed by atoms with Crippen molar-refractivity contribution in [2.24, 2.45) is 5.92 Å². The summed E-state index contributed by atoms with van der Waals surface area (Å²) in [5, 5.41) is 9.27. The molecular weight excluding hydrogens is 366 g/mol. The first-order valence-electron chi connectivity index (χ1n) is 10.0. The fraction of sp³-hybridized carbons (Fsp3) is 0.348. The van der Waals surface area contributed by atoms with Gasteiger partial charge in [-0.05, 0) is 36.1 Å². The van der Waals surface area contributed by atoms with Crippen LogP contribution in [0.1, 0.15) is 44.0 Å². The lowest BCUT2D eigenvalue weighted by molar-refractivity contribution is -0.139. The van der Waals surface area contributed by atoms with E-state index in [-0.39, 0.29) is 12.3 Å². The lowest BCUT2D eigenvalue weighted by atomic mass is 9.97.